The summed E-state index contributed by atoms with van der Waals surface area (Å²) in [5.74, 6) is 1.04. The van der Waals surface area contributed by atoms with Gasteiger partial charge in [-0.05, 0) is 39.9 Å². The Kier molecular flexibility index (Phi) is 4.10. The van der Waals surface area contributed by atoms with Gasteiger partial charge in [0.1, 0.15) is 10.8 Å². The van der Waals surface area contributed by atoms with Gasteiger partial charge in [0.25, 0.3) is 0 Å². The zero-order valence-corrected chi connectivity index (χ0v) is 13.0. The minimum absolute atomic E-state index is 0.431. The number of nitrogens with two attached hydrogens (primary N) is 1. The molecule has 1 fully saturated rings. The van der Waals surface area contributed by atoms with Gasteiger partial charge in [0.15, 0.2) is 0 Å². The Bertz CT molecular complexity index is 474. The summed E-state index contributed by atoms with van der Waals surface area (Å²) in [5.41, 5.74) is 7.68. The van der Waals surface area contributed by atoms with Gasteiger partial charge in [-0.1, -0.05) is 12.2 Å². The first kappa shape index (κ1) is 14.3. The molecule has 1 aliphatic heterocycles. The van der Waals surface area contributed by atoms with Crippen LogP contribution in [-0.2, 0) is 7.05 Å². The van der Waals surface area contributed by atoms with Gasteiger partial charge < -0.3 is 15.5 Å². The van der Waals surface area contributed by atoms with Crippen molar-refractivity contribution in [3.8, 4) is 0 Å². The van der Waals surface area contributed by atoms with Crippen molar-refractivity contribution in [3.63, 3.8) is 0 Å². The van der Waals surface area contributed by atoms with Crippen molar-refractivity contribution in [1.29, 1.82) is 0 Å². The van der Waals surface area contributed by atoms with Crippen molar-refractivity contribution in [2.45, 2.75) is 25.8 Å². The molecule has 0 unspecified atom stereocenters. The van der Waals surface area contributed by atoms with Crippen molar-refractivity contribution in [2.24, 2.45) is 12.8 Å². The minimum atomic E-state index is 0.431. The third-order valence-corrected chi connectivity index (χ3v) is 4.21. The molecule has 0 spiro atoms. The molecular weight excluding hydrogens is 258 g/mol. The summed E-state index contributed by atoms with van der Waals surface area (Å²) in [6.45, 7) is 4.23. The van der Waals surface area contributed by atoms with Crippen LogP contribution < -0.4 is 10.6 Å². The second kappa shape index (κ2) is 5.46. The molecule has 19 heavy (non-hydrogen) atoms. The van der Waals surface area contributed by atoms with Gasteiger partial charge >= 0.3 is 0 Å². The second-order valence-electron chi connectivity index (χ2n) is 5.42. The normalized spacial score (nSPS) is 17.7. The highest BCUT2D eigenvalue weighted by molar-refractivity contribution is 7.80. The number of piperidine rings is 1. The maximum Gasteiger partial charge on any atom is 0.137 e. The Labute approximate surface area is 120 Å². The number of hydrogen-bond acceptors (Lipinski definition) is 4. The molecule has 106 valence electrons. The zero-order chi connectivity index (χ0) is 14.2. The molecule has 0 aliphatic carbocycles. The van der Waals surface area contributed by atoms with E-state index in [4.69, 9.17) is 18.0 Å². The van der Waals surface area contributed by atoms with Crippen molar-refractivity contribution < 1.29 is 0 Å². The number of aryl methyl sites for hydroxylation is 2. The van der Waals surface area contributed by atoms with Crippen LogP contribution in [-0.4, -0.2) is 52.9 Å². The van der Waals surface area contributed by atoms with Crippen LogP contribution in [0.2, 0.25) is 0 Å². The summed E-state index contributed by atoms with van der Waals surface area (Å²) in [5, 5.41) is 4.46. The standard InChI is InChI=1S/C13H23N5S/c1-9-11(12(14)19)13(18(4)15-9)17(3)10-5-7-16(2)8-6-10/h10H,5-8H2,1-4H3,(H2,14,19). The van der Waals surface area contributed by atoms with Gasteiger partial charge in [0, 0.05) is 20.1 Å². The van der Waals surface area contributed by atoms with Crippen LogP contribution in [0.1, 0.15) is 24.1 Å². The molecule has 0 saturated carbocycles. The molecule has 0 aromatic carbocycles. The van der Waals surface area contributed by atoms with Gasteiger partial charge in [-0.3, -0.25) is 4.68 Å². The highest BCUT2D eigenvalue weighted by Gasteiger charge is 2.26. The fraction of sp³-hybridized carbons (Fsp3) is 0.692. The molecule has 6 heteroatoms. The first-order valence-electron chi connectivity index (χ1n) is 6.66. The highest BCUT2D eigenvalue weighted by atomic mass is 32.1. The van der Waals surface area contributed by atoms with Crippen molar-refractivity contribution in [1.82, 2.24) is 14.7 Å². The van der Waals surface area contributed by atoms with Crippen LogP contribution in [0, 0.1) is 6.92 Å². The monoisotopic (exact) mass is 281 g/mol. The zero-order valence-electron chi connectivity index (χ0n) is 12.2. The number of aromatic nitrogens is 2. The molecule has 1 aliphatic rings. The Hall–Kier alpha value is -1.14. The second-order valence-corrected chi connectivity index (χ2v) is 5.86. The van der Waals surface area contributed by atoms with E-state index in [1.165, 1.54) is 0 Å². The van der Waals surface area contributed by atoms with Crippen LogP contribution in [0.3, 0.4) is 0 Å². The molecule has 2 N–H and O–H groups in total. The number of rotatable bonds is 3. The lowest BCUT2D eigenvalue weighted by atomic mass is 10.0. The molecule has 2 rings (SSSR count). The first-order chi connectivity index (χ1) is 8.91. The molecule has 5 nitrogen and oxygen atoms in total. The van der Waals surface area contributed by atoms with E-state index in [0.29, 0.717) is 11.0 Å². The van der Waals surface area contributed by atoms with Crippen LogP contribution in [0.5, 0.6) is 0 Å². The average molecular weight is 281 g/mol. The molecule has 1 saturated heterocycles. The molecule has 0 atom stereocenters. The minimum Gasteiger partial charge on any atom is -0.389 e. The Morgan fingerprint density at radius 3 is 2.47 bits per heavy atom. The van der Waals surface area contributed by atoms with Gasteiger partial charge in [0.2, 0.25) is 0 Å². The smallest absolute Gasteiger partial charge is 0.137 e. The molecule has 1 aromatic rings. The Balaban J connectivity index is 2.28. The van der Waals surface area contributed by atoms with E-state index in [2.05, 4.69) is 29.0 Å². The van der Waals surface area contributed by atoms with Gasteiger partial charge in [-0.25, -0.2) is 0 Å². The summed E-state index contributed by atoms with van der Waals surface area (Å²) in [4.78, 5) is 5.09. The van der Waals surface area contributed by atoms with Crippen LogP contribution >= 0.6 is 12.2 Å². The largest absolute Gasteiger partial charge is 0.389 e. The molecule has 0 amide bonds. The summed E-state index contributed by atoms with van der Waals surface area (Å²) in [6, 6.07) is 0.527. The lowest BCUT2D eigenvalue weighted by Gasteiger charge is -2.36. The number of likely N-dealkylation sites (tertiary alicyclic amines) is 1. The number of nitrogens with zero attached hydrogens (tertiary/aromatic N) is 4. The quantitative estimate of drug-likeness (QED) is 0.834. The SMILES string of the molecule is Cc1nn(C)c(N(C)C2CCN(C)CC2)c1C(N)=S. The lowest BCUT2D eigenvalue weighted by Crippen LogP contribution is -2.43. The highest BCUT2D eigenvalue weighted by Crippen LogP contribution is 2.27. The van der Waals surface area contributed by atoms with Gasteiger partial charge in [-0.15, -0.1) is 0 Å². The fourth-order valence-electron chi connectivity index (χ4n) is 2.89. The predicted molar refractivity (Wildman–Crippen MR) is 82.8 cm³/mol. The maximum absolute atomic E-state index is 5.86. The van der Waals surface area contributed by atoms with Crippen molar-refractivity contribution in [3.05, 3.63) is 11.3 Å². The van der Waals surface area contributed by atoms with E-state index in [1.54, 1.807) is 0 Å². The van der Waals surface area contributed by atoms with Crippen molar-refractivity contribution in [2.75, 3.05) is 32.1 Å². The third-order valence-electron chi connectivity index (χ3n) is 4.01. The van der Waals surface area contributed by atoms with E-state index in [0.717, 1.165) is 43.0 Å². The number of thiocarbonyl (C=S) groups is 1. The lowest BCUT2D eigenvalue weighted by molar-refractivity contribution is 0.252. The summed E-state index contributed by atoms with van der Waals surface area (Å²) in [7, 11) is 6.24. The van der Waals surface area contributed by atoms with E-state index in [1.807, 2.05) is 18.7 Å². The predicted octanol–water partition coefficient (Wildman–Crippen LogP) is 0.893. The van der Waals surface area contributed by atoms with E-state index >= 15 is 0 Å². The van der Waals surface area contributed by atoms with Gasteiger partial charge in [0.05, 0.1) is 11.3 Å². The van der Waals surface area contributed by atoms with Crippen LogP contribution in [0.15, 0.2) is 0 Å². The first-order valence-corrected chi connectivity index (χ1v) is 7.07. The van der Waals surface area contributed by atoms with E-state index in [9.17, 15) is 0 Å². The number of anilines is 1. The molecule has 0 bridgehead atoms. The maximum atomic E-state index is 5.86. The third kappa shape index (κ3) is 2.74. The summed E-state index contributed by atoms with van der Waals surface area (Å²) < 4.78 is 1.89. The molecule has 0 radical (unpaired) electrons. The molecular formula is C13H23N5S. The van der Waals surface area contributed by atoms with E-state index < -0.39 is 0 Å². The van der Waals surface area contributed by atoms with Crippen LogP contribution in [0.4, 0.5) is 5.82 Å². The molecule has 1 aromatic heterocycles. The van der Waals surface area contributed by atoms with E-state index in [-0.39, 0.29) is 0 Å². The summed E-state index contributed by atoms with van der Waals surface area (Å²) >= 11 is 5.18. The van der Waals surface area contributed by atoms with Crippen molar-refractivity contribution >= 4 is 23.0 Å². The molecule has 2 heterocycles. The van der Waals surface area contributed by atoms with Crippen LogP contribution in [0.25, 0.3) is 0 Å². The fourth-order valence-corrected chi connectivity index (χ4v) is 3.13. The number of hydrogen-bond donors (Lipinski definition) is 1. The summed E-state index contributed by atoms with van der Waals surface area (Å²) in [6.07, 6.45) is 2.32. The average Bonchev–Trinajstić information content (AvgIpc) is 2.64. The Morgan fingerprint density at radius 1 is 1.37 bits per heavy atom. The van der Waals surface area contributed by atoms with Gasteiger partial charge in [-0.2, -0.15) is 5.10 Å². The topological polar surface area (TPSA) is 50.3 Å². The Morgan fingerprint density at radius 2 is 1.95 bits per heavy atom.